The van der Waals surface area contributed by atoms with E-state index in [1.54, 1.807) is 0 Å². The molecule has 15 atom stereocenters. The van der Waals surface area contributed by atoms with Gasteiger partial charge in [0.1, 0.15) is 54.9 Å². The van der Waals surface area contributed by atoms with Crippen molar-refractivity contribution >= 4 is 5.97 Å². The highest BCUT2D eigenvalue weighted by Gasteiger charge is 2.53. The van der Waals surface area contributed by atoms with E-state index >= 15 is 0 Å². The number of ether oxygens (including phenoxy) is 5. The lowest BCUT2D eigenvalue weighted by Gasteiger charge is -2.47. The van der Waals surface area contributed by atoms with Crippen molar-refractivity contribution in [3.05, 3.63) is 0 Å². The summed E-state index contributed by atoms with van der Waals surface area (Å²) in [5.41, 5.74) is 0. The molecule has 3 saturated heterocycles. The zero-order valence-electron chi connectivity index (χ0n) is 17.6. The van der Waals surface area contributed by atoms with Gasteiger partial charge in [-0.15, -0.1) is 0 Å². The number of aliphatic hydroxyl groups excluding tert-OH is 8. The van der Waals surface area contributed by atoms with Crippen LogP contribution in [0.15, 0.2) is 0 Å². The van der Waals surface area contributed by atoms with Crippen LogP contribution in [0.25, 0.3) is 0 Å². The predicted octanol–water partition coefficient (Wildman–Crippen LogP) is -5.43. The normalized spacial score (nSPS) is 53.6. The Morgan fingerprint density at radius 3 is 1.70 bits per heavy atom. The second kappa shape index (κ2) is 10.3. The van der Waals surface area contributed by atoms with Crippen LogP contribution in [-0.4, -0.2) is 144 Å². The largest absolute Gasteiger partial charge is 0.479 e. The number of hydrogen-bond acceptors (Lipinski definition) is 14. The van der Waals surface area contributed by atoms with E-state index in [1.165, 1.54) is 13.8 Å². The van der Waals surface area contributed by atoms with Crippen molar-refractivity contribution in [1.29, 1.82) is 0 Å². The van der Waals surface area contributed by atoms with Gasteiger partial charge in [0.05, 0.1) is 12.2 Å². The highest BCUT2D eigenvalue weighted by atomic mass is 16.8. The average Bonchev–Trinajstić information content (AvgIpc) is 2.75. The predicted molar refractivity (Wildman–Crippen MR) is 99.0 cm³/mol. The molecule has 3 heterocycles. The van der Waals surface area contributed by atoms with Gasteiger partial charge in [0.2, 0.25) is 0 Å². The van der Waals surface area contributed by atoms with E-state index in [4.69, 9.17) is 23.7 Å². The minimum absolute atomic E-state index is 0.938. The summed E-state index contributed by atoms with van der Waals surface area (Å²) in [6, 6.07) is 0. The van der Waals surface area contributed by atoms with Crippen LogP contribution < -0.4 is 0 Å². The average molecular weight is 486 g/mol. The molecule has 0 aliphatic carbocycles. The molecule has 0 saturated carbocycles. The molecule has 0 radical (unpaired) electrons. The molecule has 1 unspecified atom stereocenters. The monoisotopic (exact) mass is 486 g/mol. The molecule has 0 aromatic carbocycles. The highest BCUT2D eigenvalue weighted by molar-refractivity contribution is 5.73. The first-order valence-electron chi connectivity index (χ1n) is 10.3. The molecular formula is C18H30O15. The molecule has 0 amide bonds. The Balaban J connectivity index is 1.82. The van der Waals surface area contributed by atoms with E-state index in [0.717, 1.165) is 0 Å². The molecule has 15 nitrogen and oxygen atoms in total. The summed E-state index contributed by atoms with van der Waals surface area (Å²) in [5.74, 6) is -1.67. The Labute approximate surface area is 187 Å². The maximum atomic E-state index is 11.3. The maximum Gasteiger partial charge on any atom is 0.335 e. The molecule has 192 valence electrons. The second-order valence-electron chi connectivity index (χ2n) is 8.34. The highest BCUT2D eigenvalue weighted by Crippen LogP contribution is 2.32. The number of carbonyl (C=O) groups is 1. The molecule has 15 heteroatoms. The van der Waals surface area contributed by atoms with Gasteiger partial charge in [0, 0.05) is 0 Å². The van der Waals surface area contributed by atoms with Crippen molar-refractivity contribution in [2.24, 2.45) is 0 Å². The molecule has 3 aliphatic heterocycles. The maximum absolute atomic E-state index is 11.3. The van der Waals surface area contributed by atoms with Crippen LogP contribution in [0.4, 0.5) is 0 Å². The van der Waals surface area contributed by atoms with Crippen molar-refractivity contribution in [2.75, 3.05) is 0 Å². The van der Waals surface area contributed by atoms with E-state index in [9.17, 15) is 50.8 Å². The van der Waals surface area contributed by atoms with Gasteiger partial charge in [0.25, 0.3) is 0 Å². The first-order valence-corrected chi connectivity index (χ1v) is 10.3. The number of carboxylic acids is 1. The summed E-state index contributed by atoms with van der Waals surface area (Å²) >= 11 is 0. The lowest BCUT2D eigenvalue weighted by Crippen LogP contribution is -2.66. The quantitative estimate of drug-likeness (QED) is 0.176. The molecule has 0 aromatic heterocycles. The van der Waals surface area contributed by atoms with Gasteiger partial charge in [-0.1, -0.05) is 0 Å². The summed E-state index contributed by atoms with van der Waals surface area (Å²) in [5, 5.41) is 90.3. The van der Waals surface area contributed by atoms with Gasteiger partial charge in [-0.3, -0.25) is 0 Å². The van der Waals surface area contributed by atoms with Gasteiger partial charge in [-0.25, -0.2) is 4.79 Å². The molecule has 0 aromatic rings. The summed E-state index contributed by atoms with van der Waals surface area (Å²) in [7, 11) is 0. The summed E-state index contributed by atoms with van der Waals surface area (Å²) in [4.78, 5) is 11.3. The first-order chi connectivity index (χ1) is 15.3. The van der Waals surface area contributed by atoms with Crippen molar-refractivity contribution < 1.29 is 74.4 Å². The SMILES string of the molecule is C[C@@H]1O[C@@H](O[C@H]2C(O)O[C@@H](C)[C@H](O)[C@H]2O)[C@H](O[C@H]2O[C@H](C(=O)O)[C@H](O)[C@H](O)[C@H]2O)[C@H](O)[C@H]1O. The van der Waals surface area contributed by atoms with Gasteiger partial charge < -0.3 is 69.6 Å². The molecule has 3 rings (SSSR count). The molecule has 0 spiro atoms. The third kappa shape index (κ3) is 5.15. The van der Waals surface area contributed by atoms with E-state index in [1.807, 2.05) is 0 Å². The molecule has 3 fully saturated rings. The Morgan fingerprint density at radius 2 is 1.12 bits per heavy atom. The smallest absolute Gasteiger partial charge is 0.335 e. The van der Waals surface area contributed by atoms with Crippen LogP contribution in [-0.2, 0) is 28.5 Å². The van der Waals surface area contributed by atoms with Gasteiger partial charge in [-0.2, -0.15) is 0 Å². The third-order valence-electron chi connectivity index (χ3n) is 5.98. The standard InChI is InChI=1S/C18H30O15/c1-3-5(19)8(22)13(16(28)29-3)32-18-14(9(23)6(20)4(2)30-18)33-17-11(25)7(21)10(24)12(31-17)15(26)27/h3-14,16-25,28H,1-2H3,(H,26,27)/t3-,4-,5-,6-,7-,8+,9+,10+,11+,12-,13+,14+,16?,17+,18-/m0/s1. The lowest BCUT2D eigenvalue weighted by atomic mass is 9.97. The van der Waals surface area contributed by atoms with Crippen molar-refractivity contribution in [2.45, 2.75) is 106 Å². The van der Waals surface area contributed by atoms with Crippen LogP contribution in [0, 0.1) is 0 Å². The Bertz CT molecular complexity index is 679. The number of rotatable bonds is 5. The Hall–Kier alpha value is -1.05. The van der Waals surface area contributed by atoms with Crippen molar-refractivity contribution in [3.8, 4) is 0 Å². The summed E-state index contributed by atoms with van der Waals surface area (Å²) in [6.45, 7) is 2.77. The van der Waals surface area contributed by atoms with Gasteiger partial charge >= 0.3 is 5.97 Å². The molecular weight excluding hydrogens is 456 g/mol. The minimum Gasteiger partial charge on any atom is -0.479 e. The fourth-order valence-electron chi connectivity index (χ4n) is 3.90. The topological polar surface area (TPSA) is 245 Å². The molecule has 33 heavy (non-hydrogen) atoms. The fourth-order valence-corrected chi connectivity index (χ4v) is 3.90. The number of aliphatic carboxylic acids is 1. The zero-order chi connectivity index (χ0) is 24.8. The molecule has 3 aliphatic rings. The zero-order valence-corrected chi connectivity index (χ0v) is 17.6. The van der Waals surface area contributed by atoms with Crippen LogP contribution in [0.5, 0.6) is 0 Å². The Morgan fingerprint density at radius 1 is 0.606 bits per heavy atom. The van der Waals surface area contributed by atoms with Crippen LogP contribution in [0.2, 0.25) is 0 Å². The summed E-state index contributed by atoms with van der Waals surface area (Å²) < 4.78 is 26.5. The van der Waals surface area contributed by atoms with E-state index in [-0.39, 0.29) is 0 Å². The van der Waals surface area contributed by atoms with Crippen molar-refractivity contribution in [3.63, 3.8) is 0 Å². The third-order valence-corrected chi connectivity index (χ3v) is 5.98. The van der Waals surface area contributed by atoms with Gasteiger partial charge in [-0.05, 0) is 13.8 Å². The molecule has 9 N–H and O–H groups in total. The number of carboxylic acid groups (broad SMARTS) is 1. The van der Waals surface area contributed by atoms with E-state index in [2.05, 4.69) is 0 Å². The lowest BCUT2D eigenvalue weighted by molar-refractivity contribution is -0.385. The van der Waals surface area contributed by atoms with E-state index < -0.39 is 98.1 Å². The number of aliphatic hydroxyl groups is 8. The van der Waals surface area contributed by atoms with Crippen molar-refractivity contribution in [1.82, 2.24) is 0 Å². The van der Waals surface area contributed by atoms with Crippen LogP contribution >= 0.6 is 0 Å². The minimum atomic E-state index is -2.00. The fraction of sp³-hybridized carbons (Fsp3) is 0.944. The van der Waals surface area contributed by atoms with Gasteiger partial charge in [0.15, 0.2) is 25.0 Å². The van der Waals surface area contributed by atoms with E-state index in [0.29, 0.717) is 0 Å². The number of hydrogen-bond donors (Lipinski definition) is 9. The Kier molecular flexibility index (Phi) is 8.28. The molecule has 0 bridgehead atoms. The summed E-state index contributed by atoms with van der Waals surface area (Å²) in [6.07, 6.45) is -25.0. The second-order valence-corrected chi connectivity index (χ2v) is 8.34. The van der Waals surface area contributed by atoms with Crippen LogP contribution in [0.1, 0.15) is 13.8 Å². The van der Waals surface area contributed by atoms with Crippen LogP contribution in [0.3, 0.4) is 0 Å². The first kappa shape index (κ1) is 26.6.